The molecule has 27 heavy (non-hydrogen) atoms. The molecule has 0 atom stereocenters. The lowest BCUT2D eigenvalue weighted by Gasteiger charge is -2.30. The maximum absolute atomic E-state index is 13.0. The second kappa shape index (κ2) is 9.81. The molecule has 2 aromatic rings. The minimum Gasteiger partial charge on any atom is -0.398 e. The SMILES string of the molecule is CCN(c1ccc(C(=O)N2CCCc3c(N)cccc32)cn1)C(C)C.Cl.Cl. The Morgan fingerprint density at radius 2 is 2.00 bits per heavy atom. The standard InChI is InChI=1S/C20H26N4O.2ClH/c1-4-23(14(2)3)19-11-10-15(13-22-19)20(25)24-12-6-7-16-17(21)8-5-9-18(16)24;;/h5,8-11,13-14H,4,6-7,12,21H2,1-3H3;2*1H. The van der Waals surface area contributed by atoms with Crippen molar-refractivity contribution in [1.82, 2.24) is 4.98 Å². The van der Waals surface area contributed by atoms with Crippen molar-refractivity contribution in [3.8, 4) is 0 Å². The highest BCUT2D eigenvalue weighted by molar-refractivity contribution is 6.07. The summed E-state index contributed by atoms with van der Waals surface area (Å²) in [6, 6.07) is 9.95. The van der Waals surface area contributed by atoms with Crippen molar-refractivity contribution in [1.29, 1.82) is 0 Å². The van der Waals surface area contributed by atoms with E-state index in [0.717, 1.165) is 42.1 Å². The molecule has 1 aliphatic heterocycles. The molecule has 0 unspecified atom stereocenters. The quantitative estimate of drug-likeness (QED) is 0.761. The first-order chi connectivity index (χ1) is 12.0. The van der Waals surface area contributed by atoms with E-state index in [2.05, 4.69) is 30.7 Å². The number of anilines is 3. The van der Waals surface area contributed by atoms with Gasteiger partial charge < -0.3 is 15.5 Å². The van der Waals surface area contributed by atoms with Crippen LogP contribution in [0.4, 0.5) is 17.2 Å². The summed E-state index contributed by atoms with van der Waals surface area (Å²) in [7, 11) is 0. The summed E-state index contributed by atoms with van der Waals surface area (Å²) in [5.41, 5.74) is 9.46. The highest BCUT2D eigenvalue weighted by Gasteiger charge is 2.25. The number of amides is 1. The predicted octanol–water partition coefficient (Wildman–Crippen LogP) is 4.34. The van der Waals surface area contributed by atoms with Gasteiger partial charge in [-0.25, -0.2) is 4.98 Å². The molecule has 0 bridgehead atoms. The molecule has 0 spiro atoms. The van der Waals surface area contributed by atoms with Gasteiger partial charge in [0.05, 0.1) is 5.56 Å². The van der Waals surface area contributed by atoms with Gasteiger partial charge in [0.2, 0.25) is 0 Å². The van der Waals surface area contributed by atoms with Gasteiger partial charge in [0.15, 0.2) is 0 Å². The summed E-state index contributed by atoms with van der Waals surface area (Å²) >= 11 is 0. The minimum absolute atomic E-state index is 0. The molecule has 5 nitrogen and oxygen atoms in total. The third kappa shape index (κ3) is 4.66. The monoisotopic (exact) mass is 410 g/mol. The molecular weight excluding hydrogens is 383 g/mol. The average molecular weight is 411 g/mol. The third-order valence-electron chi connectivity index (χ3n) is 4.79. The summed E-state index contributed by atoms with van der Waals surface area (Å²) in [6.07, 6.45) is 3.53. The van der Waals surface area contributed by atoms with Crippen molar-refractivity contribution in [2.75, 3.05) is 28.6 Å². The topological polar surface area (TPSA) is 62.5 Å². The van der Waals surface area contributed by atoms with Crippen LogP contribution < -0.4 is 15.5 Å². The number of fused-ring (bicyclic) bond motifs is 1. The molecule has 0 radical (unpaired) electrons. The fraction of sp³-hybridized carbons (Fsp3) is 0.400. The van der Waals surface area contributed by atoms with Crippen molar-refractivity contribution in [2.45, 2.75) is 39.7 Å². The Bertz CT molecular complexity index is 765. The van der Waals surface area contributed by atoms with Gasteiger partial charge in [0.1, 0.15) is 5.82 Å². The normalized spacial score (nSPS) is 12.7. The molecule has 0 saturated carbocycles. The first-order valence-electron chi connectivity index (χ1n) is 8.94. The number of halogens is 2. The van der Waals surface area contributed by atoms with Crippen molar-refractivity contribution in [2.24, 2.45) is 0 Å². The highest BCUT2D eigenvalue weighted by Crippen LogP contribution is 2.32. The summed E-state index contributed by atoms with van der Waals surface area (Å²) in [5.74, 6) is 0.885. The van der Waals surface area contributed by atoms with Gasteiger partial charge in [-0.3, -0.25) is 4.79 Å². The maximum Gasteiger partial charge on any atom is 0.259 e. The van der Waals surface area contributed by atoms with Crippen LogP contribution >= 0.6 is 24.8 Å². The van der Waals surface area contributed by atoms with Crippen LogP contribution in [-0.2, 0) is 6.42 Å². The first kappa shape index (κ1) is 23.1. The van der Waals surface area contributed by atoms with Gasteiger partial charge in [-0.15, -0.1) is 24.8 Å². The molecule has 0 saturated heterocycles. The highest BCUT2D eigenvalue weighted by atomic mass is 35.5. The van der Waals surface area contributed by atoms with Crippen molar-refractivity contribution in [3.63, 3.8) is 0 Å². The Balaban J connectivity index is 0.00000182. The molecule has 148 valence electrons. The lowest BCUT2D eigenvalue weighted by molar-refractivity contribution is 0.0985. The Morgan fingerprint density at radius 1 is 1.26 bits per heavy atom. The summed E-state index contributed by atoms with van der Waals surface area (Å²) in [5, 5.41) is 0. The Kier molecular flexibility index (Phi) is 8.38. The minimum atomic E-state index is -0.0156. The zero-order valence-electron chi connectivity index (χ0n) is 16.0. The summed E-state index contributed by atoms with van der Waals surface area (Å²) in [4.78, 5) is 21.5. The number of nitrogens with two attached hydrogens (primary N) is 1. The first-order valence-corrected chi connectivity index (χ1v) is 8.94. The van der Waals surface area contributed by atoms with E-state index in [4.69, 9.17) is 5.73 Å². The van der Waals surface area contributed by atoms with Gasteiger partial charge in [0.25, 0.3) is 5.91 Å². The molecule has 0 aliphatic carbocycles. The zero-order chi connectivity index (χ0) is 18.0. The van der Waals surface area contributed by atoms with Crippen LogP contribution in [0.5, 0.6) is 0 Å². The largest absolute Gasteiger partial charge is 0.398 e. The zero-order valence-corrected chi connectivity index (χ0v) is 17.6. The number of pyridine rings is 1. The molecule has 1 aromatic carbocycles. The van der Waals surface area contributed by atoms with Gasteiger partial charge >= 0.3 is 0 Å². The van der Waals surface area contributed by atoms with Crippen LogP contribution in [0.15, 0.2) is 36.5 Å². The number of carbonyl (C=O) groups excluding carboxylic acids is 1. The fourth-order valence-electron chi connectivity index (χ4n) is 3.49. The van der Waals surface area contributed by atoms with E-state index in [-0.39, 0.29) is 30.7 Å². The van der Waals surface area contributed by atoms with E-state index in [0.29, 0.717) is 18.2 Å². The van der Waals surface area contributed by atoms with E-state index in [9.17, 15) is 4.79 Å². The van der Waals surface area contributed by atoms with Crippen LogP contribution in [0.1, 0.15) is 43.1 Å². The Hall–Kier alpha value is -1.98. The molecule has 1 amide bonds. The van der Waals surface area contributed by atoms with Crippen LogP contribution in [-0.4, -0.2) is 30.0 Å². The number of benzene rings is 1. The van der Waals surface area contributed by atoms with E-state index in [1.54, 1.807) is 6.20 Å². The number of hydrogen-bond donors (Lipinski definition) is 1. The number of nitrogens with zero attached hydrogens (tertiary/aromatic N) is 3. The van der Waals surface area contributed by atoms with Gasteiger partial charge in [0, 0.05) is 36.7 Å². The smallest absolute Gasteiger partial charge is 0.259 e. The average Bonchev–Trinajstić information content (AvgIpc) is 2.62. The van der Waals surface area contributed by atoms with E-state index < -0.39 is 0 Å². The van der Waals surface area contributed by atoms with Crippen molar-refractivity contribution in [3.05, 3.63) is 47.7 Å². The molecule has 0 fully saturated rings. The number of carbonyl (C=O) groups is 1. The van der Waals surface area contributed by atoms with Gasteiger partial charge in [-0.05, 0) is 63.4 Å². The van der Waals surface area contributed by atoms with Crippen molar-refractivity contribution >= 4 is 47.9 Å². The molecule has 7 heteroatoms. The van der Waals surface area contributed by atoms with Crippen molar-refractivity contribution < 1.29 is 4.79 Å². The Labute approximate surface area is 173 Å². The number of nitrogen functional groups attached to an aromatic ring is 1. The fourth-order valence-corrected chi connectivity index (χ4v) is 3.49. The second-order valence-corrected chi connectivity index (χ2v) is 6.69. The van der Waals surface area contributed by atoms with E-state index >= 15 is 0 Å². The Morgan fingerprint density at radius 3 is 2.59 bits per heavy atom. The molecule has 2 N–H and O–H groups in total. The lowest BCUT2D eigenvalue weighted by Crippen LogP contribution is -2.36. The molecule has 1 aromatic heterocycles. The number of rotatable bonds is 4. The van der Waals surface area contributed by atoms with Crippen LogP contribution in [0.25, 0.3) is 0 Å². The van der Waals surface area contributed by atoms with E-state index in [1.807, 2.05) is 35.2 Å². The summed E-state index contributed by atoms with van der Waals surface area (Å²) in [6.45, 7) is 7.98. The third-order valence-corrected chi connectivity index (χ3v) is 4.79. The predicted molar refractivity (Wildman–Crippen MR) is 118 cm³/mol. The maximum atomic E-state index is 13.0. The van der Waals surface area contributed by atoms with E-state index in [1.165, 1.54) is 0 Å². The summed E-state index contributed by atoms with van der Waals surface area (Å²) < 4.78 is 0. The van der Waals surface area contributed by atoms with Crippen LogP contribution in [0, 0.1) is 0 Å². The van der Waals surface area contributed by atoms with Crippen LogP contribution in [0.3, 0.4) is 0 Å². The second-order valence-electron chi connectivity index (χ2n) is 6.69. The molecular formula is C20H28Cl2N4O. The number of aromatic nitrogens is 1. The molecule has 1 aliphatic rings. The van der Waals surface area contributed by atoms with Gasteiger partial charge in [-0.1, -0.05) is 6.07 Å². The number of hydrogen-bond acceptors (Lipinski definition) is 4. The lowest BCUT2D eigenvalue weighted by atomic mass is 9.99. The van der Waals surface area contributed by atoms with Gasteiger partial charge in [-0.2, -0.15) is 0 Å². The molecule has 3 rings (SSSR count). The molecule has 2 heterocycles. The van der Waals surface area contributed by atoms with Crippen LogP contribution in [0.2, 0.25) is 0 Å².